The van der Waals surface area contributed by atoms with Gasteiger partial charge >= 0.3 is 6.01 Å². The summed E-state index contributed by atoms with van der Waals surface area (Å²) in [6.07, 6.45) is -0.151. The van der Waals surface area contributed by atoms with Crippen molar-refractivity contribution >= 4 is 17.7 Å². The van der Waals surface area contributed by atoms with E-state index < -0.39 is 11.6 Å². The van der Waals surface area contributed by atoms with Crippen molar-refractivity contribution in [2.75, 3.05) is 5.43 Å². The number of hydrazine groups is 1. The second-order valence-corrected chi connectivity index (χ2v) is 5.22. The maximum atomic E-state index is 13.6. The Labute approximate surface area is 124 Å². The Morgan fingerprint density at radius 1 is 1.24 bits per heavy atom. The van der Waals surface area contributed by atoms with Crippen molar-refractivity contribution in [2.24, 2.45) is 5.84 Å². The molecule has 1 aromatic carbocycles. The minimum atomic E-state index is -0.574. The predicted octanol–water partition coefficient (Wildman–Crippen LogP) is 2.37. The van der Waals surface area contributed by atoms with Crippen LogP contribution in [0.3, 0.4) is 0 Å². The van der Waals surface area contributed by atoms with Gasteiger partial charge in [0.15, 0.2) is 0 Å². The van der Waals surface area contributed by atoms with E-state index in [2.05, 4.69) is 20.4 Å². The van der Waals surface area contributed by atoms with Gasteiger partial charge in [0.1, 0.15) is 11.6 Å². The van der Waals surface area contributed by atoms with Gasteiger partial charge in [-0.3, -0.25) is 5.43 Å². The molecule has 0 aliphatic rings. The molecule has 1 aromatic heterocycles. The lowest BCUT2D eigenvalue weighted by Gasteiger charge is -2.10. The van der Waals surface area contributed by atoms with Crippen molar-refractivity contribution in [3.05, 3.63) is 29.8 Å². The Kier molecular flexibility index (Phi) is 4.86. The summed E-state index contributed by atoms with van der Waals surface area (Å²) in [5.41, 5.74) is 2.27. The number of hydrogen-bond donors (Lipinski definition) is 2. The fourth-order valence-corrected chi connectivity index (χ4v) is 2.16. The first-order chi connectivity index (χ1) is 9.97. The normalized spacial score (nSPS) is 10.8. The average Bonchev–Trinajstić information content (AvgIpc) is 2.42. The Morgan fingerprint density at radius 3 is 2.67 bits per heavy atom. The second-order valence-electron chi connectivity index (χ2n) is 4.21. The van der Waals surface area contributed by atoms with E-state index in [0.717, 1.165) is 30.0 Å². The van der Waals surface area contributed by atoms with Crippen LogP contribution in [0, 0.1) is 11.6 Å². The average molecular weight is 313 g/mol. The van der Waals surface area contributed by atoms with Gasteiger partial charge in [0.25, 0.3) is 0 Å². The number of ether oxygens (including phenoxy) is 1. The predicted molar refractivity (Wildman–Crippen MR) is 73.9 cm³/mol. The molecule has 2 aromatic rings. The summed E-state index contributed by atoms with van der Waals surface area (Å²) in [5, 5.41) is 0.137. The van der Waals surface area contributed by atoms with E-state index in [9.17, 15) is 8.78 Å². The standard InChI is InChI=1S/C12H13F2N5OS/c1-6(2)20-11-16-10(19-15)17-12(18-11)21-9-5-7(13)3-4-8(9)14/h3-6H,15H2,1-2H3,(H,16,17,18,19). The highest BCUT2D eigenvalue weighted by molar-refractivity contribution is 7.99. The largest absolute Gasteiger partial charge is 0.461 e. The number of rotatable bonds is 5. The first kappa shape index (κ1) is 15.4. The van der Waals surface area contributed by atoms with E-state index in [4.69, 9.17) is 10.6 Å². The molecule has 6 nitrogen and oxygen atoms in total. The van der Waals surface area contributed by atoms with Crippen molar-refractivity contribution in [3.63, 3.8) is 0 Å². The van der Waals surface area contributed by atoms with E-state index in [1.54, 1.807) is 13.8 Å². The highest BCUT2D eigenvalue weighted by atomic mass is 32.2. The number of nitrogens with two attached hydrogens (primary N) is 1. The van der Waals surface area contributed by atoms with Gasteiger partial charge in [0.05, 0.1) is 11.0 Å². The molecule has 0 saturated heterocycles. The zero-order valence-electron chi connectivity index (χ0n) is 11.3. The highest BCUT2D eigenvalue weighted by Crippen LogP contribution is 2.29. The van der Waals surface area contributed by atoms with Crippen LogP contribution in [0.4, 0.5) is 14.7 Å². The second kappa shape index (κ2) is 6.64. The molecule has 0 amide bonds. The summed E-state index contributed by atoms with van der Waals surface area (Å²) in [7, 11) is 0. The van der Waals surface area contributed by atoms with Gasteiger partial charge in [-0.05, 0) is 43.8 Å². The molecule has 0 radical (unpaired) electrons. The number of nitrogen functional groups attached to an aromatic ring is 1. The van der Waals surface area contributed by atoms with E-state index >= 15 is 0 Å². The first-order valence-electron chi connectivity index (χ1n) is 6.00. The molecule has 21 heavy (non-hydrogen) atoms. The number of aromatic nitrogens is 3. The summed E-state index contributed by atoms with van der Waals surface area (Å²) in [6, 6.07) is 3.18. The summed E-state index contributed by atoms with van der Waals surface area (Å²) in [5.74, 6) is 4.21. The quantitative estimate of drug-likeness (QED) is 0.647. The molecule has 1 heterocycles. The molecule has 0 fully saturated rings. The van der Waals surface area contributed by atoms with Crippen LogP contribution in [0.2, 0.25) is 0 Å². The van der Waals surface area contributed by atoms with Crippen LogP contribution in [0.25, 0.3) is 0 Å². The zero-order chi connectivity index (χ0) is 15.4. The van der Waals surface area contributed by atoms with E-state index in [1.165, 1.54) is 0 Å². The molecule has 0 atom stereocenters. The van der Waals surface area contributed by atoms with Gasteiger partial charge in [0, 0.05) is 0 Å². The Balaban J connectivity index is 2.32. The first-order valence-corrected chi connectivity index (χ1v) is 6.82. The maximum Gasteiger partial charge on any atom is 0.322 e. The maximum absolute atomic E-state index is 13.6. The van der Waals surface area contributed by atoms with Gasteiger partial charge in [-0.25, -0.2) is 14.6 Å². The monoisotopic (exact) mass is 313 g/mol. The smallest absolute Gasteiger partial charge is 0.322 e. The SMILES string of the molecule is CC(C)Oc1nc(NN)nc(Sc2cc(F)ccc2F)n1. The fraction of sp³-hybridized carbons (Fsp3) is 0.250. The molecule has 0 bridgehead atoms. The molecule has 3 N–H and O–H groups in total. The van der Waals surface area contributed by atoms with Gasteiger partial charge in [-0.1, -0.05) is 0 Å². The summed E-state index contributed by atoms with van der Waals surface area (Å²) in [4.78, 5) is 11.9. The van der Waals surface area contributed by atoms with Crippen molar-refractivity contribution < 1.29 is 13.5 Å². The van der Waals surface area contributed by atoms with Crippen LogP contribution in [-0.4, -0.2) is 21.1 Å². The van der Waals surface area contributed by atoms with Crippen LogP contribution < -0.4 is 16.0 Å². The zero-order valence-corrected chi connectivity index (χ0v) is 12.1. The Bertz CT molecular complexity index is 641. The third-order valence-electron chi connectivity index (χ3n) is 2.16. The Hall–Kier alpha value is -2.00. The number of nitrogens with one attached hydrogen (secondary N) is 1. The van der Waals surface area contributed by atoms with Gasteiger partial charge in [-0.2, -0.15) is 15.0 Å². The van der Waals surface area contributed by atoms with E-state index in [0.29, 0.717) is 0 Å². The van der Waals surface area contributed by atoms with E-state index in [-0.39, 0.29) is 28.1 Å². The number of halogens is 2. The number of anilines is 1. The summed E-state index contributed by atoms with van der Waals surface area (Å²) < 4.78 is 32.1. The fourth-order valence-electron chi connectivity index (χ4n) is 1.37. The molecule has 0 spiro atoms. The number of nitrogens with zero attached hydrogens (tertiary/aromatic N) is 3. The molecule has 2 rings (SSSR count). The van der Waals surface area contributed by atoms with Crippen LogP contribution in [-0.2, 0) is 0 Å². The molecule has 0 aliphatic carbocycles. The minimum absolute atomic E-state index is 0.0484. The van der Waals surface area contributed by atoms with E-state index in [1.807, 2.05) is 0 Å². The molecule has 112 valence electrons. The lowest BCUT2D eigenvalue weighted by Crippen LogP contribution is -2.15. The lowest BCUT2D eigenvalue weighted by atomic mass is 10.3. The molecular formula is C12H13F2N5OS. The number of benzene rings is 1. The third-order valence-corrected chi connectivity index (χ3v) is 3.06. The van der Waals surface area contributed by atoms with Crippen LogP contribution in [0.1, 0.15) is 13.8 Å². The Morgan fingerprint density at radius 2 is 2.00 bits per heavy atom. The van der Waals surface area contributed by atoms with Crippen LogP contribution in [0.5, 0.6) is 6.01 Å². The minimum Gasteiger partial charge on any atom is -0.461 e. The number of hydrogen-bond acceptors (Lipinski definition) is 7. The van der Waals surface area contributed by atoms with Gasteiger partial charge < -0.3 is 4.74 Å². The third kappa shape index (κ3) is 4.23. The summed E-state index contributed by atoms with van der Waals surface area (Å²) >= 11 is 0.846. The summed E-state index contributed by atoms with van der Waals surface area (Å²) in [6.45, 7) is 3.61. The molecule has 9 heteroatoms. The van der Waals surface area contributed by atoms with Crippen LogP contribution >= 0.6 is 11.8 Å². The van der Waals surface area contributed by atoms with Gasteiger partial charge in [0.2, 0.25) is 11.1 Å². The molecule has 0 aliphatic heterocycles. The highest BCUT2D eigenvalue weighted by Gasteiger charge is 2.12. The molecule has 0 unspecified atom stereocenters. The van der Waals surface area contributed by atoms with Crippen molar-refractivity contribution in [1.82, 2.24) is 15.0 Å². The lowest BCUT2D eigenvalue weighted by molar-refractivity contribution is 0.219. The van der Waals surface area contributed by atoms with Gasteiger partial charge in [-0.15, -0.1) is 0 Å². The van der Waals surface area contributed by atoms with Crippen molar-refractivity contribution in [3.8, 4) is 6.01 Å². The van der Waals surface area contributed by atoms with Crippen molar-refractivity contribution in [1.29, 1.82) is 0 Å². The molecular weight excluding hydrogens is 300 g/mol. The van der Waals surface area contributed by atoms with Crippen LogP contribution in [0.15, 0.2) is 28.3 Å². The van der Waals surface area contributed by atoms with Crippen molar-refractivity contribution in [2.45, 2.75) is 30.0 Å². The molecule has 0 saturated carbocycles. The topological polar surface area (TPSA) is 86.0 Å².